The number of ether oxygens (including phenoxy) is 2. The molecule has 6 heteroatoms. The highest BCUT2D eigenvalue weighted by molar-refractivity contribution is 6.30. The fourth-order valence-corrected chi connectivity index (χ4v) is 6.49. The van der Waals surface area contributed by atoms with E-state index in [9.17, 15) is 9.59 Å². The summed E-state index contributed by atoms with van der Waals surface area (Å²) >= 11 is 6.14. The Morgan fingerprint density at radius 3 is 2.10 bits per heavy atom. The number of halogens is 1. The molecular weight excluding hydrogens is 522 g/mol. The van der Waals surface area contributed by atoms with Crippen molar-refractivity contribution in [2.24, 2.45) is 0 Å². The third kappa shape index (κ3) is 5.06. The third-order valence-corrected chi connectivity index (χ3v) is 8.31. The van der Waals surface area contributed by atoms with Crippen LogP contribution in [0.4, 0.5) is 0 Å². The molecule has 1 heterocycles. The van der Waals surface area contributed by atoms with Crippen LogP contribution in [0.3, 0.4) is 0 Å². The lowest BCUT2D eigenvalue weighted by atomic mass is 9.71. The maximum absolute atomic E-state index is 13.6. The van der Waals surface area contributed by atoms with Gasteiger partial charge in [-0.2, -0.15) is 0 Å². The summed E-state index contributed by atoms with van der Waals surface area (Å²) in [5, 5.41) is 0.657. The Bertz CT molecular complexity index is 1480. The third-order valence-electron chi connectivity index (χ3n) is 8.07. The van der Waals surface area contributed by atoms with Gasteiger partial charge in [-0.05, 0) is 66.6 Å². The summed E-state index contributed by atoms with van der Waals surface area (Å²) in [5.41, 5.74) is 6.68. The molecule has 0 atom stereocenters. The van der Waals surface area contributed by atoms with E-state index in [4.69, 9.17) is 21.1 Å². The minimum atomic E-state index is -0.395. The van der Waals surface area contributed by atoms with Crippen molar-refractivity contribution in [3.05, 3.63) is 117 Å². The largest absolute Gasteiger partial charge is 0.493 e. The molecule has 0 saturated carbocycles. The molecule has 6 rings (SSSR count). The Hall–Kier alpha value is -3.83. The molecule has 0 aromatic heterocycles. The van der Waals surface area contributed by atoms with Crippen LogP contribution in [0.2, 0.25) is 5.02 Å². The van der Waals surface area contributed by atoms with Crippen LogP contribution in [0.1, 0.15) is 61.1 Å². The maximum Gasteiger partial charge on any atom is 0.161 e. The van der Waals surface area contributed by atoms with Gasteiger partial charge in [-0.1, -0.05) is 60.1 Å². The number of Topliss-reactive ketones (excluding diaryl/α,β-unsaturated/α-hetero) is 2. The second-order valence-corrected chi connectivity index (χ2v) is 11.0. The lowest BCUT2D eigenvalue weighted by molar-refractivity contribution is -0.117. The zero-order valence-corrected chi connectivity index (χ0v) is 23.4. The monoisotopic (exact) mass is 553 g/mol. The summed E-state index contributed by atoms with van der Waals surface area (Å²) in [4.78, 5) is 29.5. The molecule has 1 aliphatic heterocycles. The first-order chi connectivity index (χ1) is 19.5. The molecule has 0 bridgehead atoms. The van der Waals surface area contributed by atoms with Gasteiger partial charge in [0.25, 0.3) is 0 Å². The standard InChI is InChI=1S/C34H32ClNO4/c1-39-31-19-24(16-17-30(31)40-21-23-10-5-11-25(35)18-23)32-33-26(12-6-14-28(33)37)36(20-22-8-3-2-4-9-22)27-13-7-15-29(38)34(27)32/h2-5,8-11,16-19,32H,6-7,12-15,20-21H2,1H3. The number of carbonyl (C=O) groups excluding carboxylic acids is 2. The second-order valence-electron chi connectivity index (χ2n) is 10.6. The molecule has 0 radical (unpaired) electrons. The van der Waals surface area contributed by atoms with Crippen LogP contribution in [0.25, 0.3) is 0 Å². The van der Waals surface area contributed by atoms with Gasteiger partial charge in [0.2, 0.25) is 0 Å². The fourth-order valence-electron chi connectivity index (χ4n) is 6.28. The molecule has 3 aromatic carbocycles. The van der Waals surface area contributed by atoms with E-state index in [1.165, 1.54) is 5.56 Å². The van der Waals surface area contributed by atoms with Crippen molar-refractivity contribution in [2.45, 2.75) is 57.6 Å². The highest BCUT2D eigenvalue weighted by atomic mass is 35.5. The zero-order valence-electron chi connectivity index (χ0n) is 22.6. The quantitative estimate of drug-likeness (QED) is 0.302. The zero-order chi connectivity index (χ0) is 27.6. The molecule has 0 spiro atoms. The normalized spacial score (nSPS) is 17.6. The van der Waals surface area contributed by atoms with Crippen LogP contribution in [-0.2, 0) is 22.7 Å². The van der Waals surface area contributed by atoms with E-state index in [0.717, 1.165) is 59.4 Å². The molecule has 0 amide bonds. The molecule has 5 nitrogen and oxygen atoms in total. The smallest absolute Gasteiger partial charge is 0.161 e. The number of carbonyl (C=O) groups is 2. The highest BCUT2D eigenvalue weighted by Gasteiger charge is 2.43. The van der Waals surface area contributed by atoms with Crippen LogP contribution in [-0.4, -0.2) is 23.6 Å². The Balaban J connectivity index is 1.41. The summed E-state index contributed by atoms with van der Waals surface area (Å²) in [7, 11) is 1.61. The molecule has 0 unspecified atom stereocenters. The van der Waals surface area contributed by atoms with Crippen LogP contribution < -0.4 is 9.47 Å². The van der Waals surface area contributed by atoms with Gasteiger partial charge in [0.05, 0.1) is 7.11 Å². The average molecular weight is 554 g/mol. The number of nitrogens with zero attached hydrogens (tertiary/aromatic N) is 1. The number of rotatable bonds is 7. The number of hydrogen-bond acceptors (Lipinski definition) is 5. The number of methoxy groups -OCH3 is 1. The van der Waals surface area contributed by atoms with Crippen LogP contribution in [0.15, 0.2) is 95.3 Å². The average Bonchev–Trinajstić information content (AvgIpc) is 2.97. The first kappa shape index (κ1) is 26.4. The SMILES string of the molecule is COc1cc(C2C3=C(CCCC3=O)N(Cc3ccccc3)C3=C2C(=O)CCC3)ccc1OCc1cccc(Cl)c1. The topological polar surface area (TPSA) is 55.8 Å². The number of hydrogen-bond donors (Lipinski definition) is 0. The van der Waals surface area contributed by atoms with E-state index in [1.54, 1.807) is 7.11 Å². The minimum Gasteiger partial charge on any atom is -0.493 e. The predicted octanol–water partition coefficient (Wildman–Crippen LogP) is 7.54. The van der Waals surface area contributed by atoms with Crippen molar-refractivity contribution in [1.29, 1.82) is 0 Å². The summed E-state index contributed by atoms with van der Waals surface area (Å²) in [6.07, 6.45) is 4.31. The van der Waals surface area contributed by atoms with Gasteiger partial charge < -0.3 is 14.4 Å². The number of allylic oxidation sites excluding steroid dienone is 4. The first-order valence-corrected chi connectivity index (χ1v) is 14.3. The van der Waals surface area contributed by atoms with Gasteiger partial charge >= 0.3 is 0 Å². The molecule has 3 aromatic rings. The summed E-state index contributed by atoms with van der Waals surface area (Å²) in [6, 6.07) is 23.6. The number of ketones is 2. The van der Waals surface area contributed by atoms with Gasteiger partial charge in [-0.3, -0.25) is 9.59 Å². The molecule has 0 N–H and O–H groups in total. The van der Waals surface area contributed by atoms with Crippen molar-refractivity contribution in [3.8, 4) is 11.5 Å². The molecular formula is C34H32ClNO4. The lowest BCUT2D eigenvalue weighted by Crippen LogP contribution is -2.38. The Labute approximate surface area is 240 Å². The van der Waals surface area contributed by atoms with Crippen molar-refractivity contribution < 1.29 is 19.1 Å². The summed E-state index contributed by atoms with van der Waals surface area (Å²) in [5.74, 6) is 1.04. The molecule has 40 heavy (non-hydrogen) atoms. The van der Waals surface area contributed by atoms with E-state index in [-0.39, 0.29) is 11.6 Å². The summed E-state index contributed by atoms with van der Waals surface area (Å²) < 4.78 is 11.9. The lowest BCUT2D eigenvalue weighted by Gasteiger charge is -2.44. The van der Waals surface area contributed by atoms with Gasteiger partial charge in [0.1, 0.15) is 6.61 Å². The number of benzene rings is 3. The first-order valence-electron chi connectivity index (χ1n) is 13.9. The van der Waals surface area contributed by atoms with Gasteiger partial charge in [-0.25, -0.2) is 0 Å². The van der Waals surface area contributed by atoms with Crippen LogP contribution in [0, 0.1) is 0 Å². The van der Waals surface area contributed by atoms with Crippen LogP contribution in [0.5, 0.6) is 11.5 Å². The van der Waals surface area contributed by atoms with E-state index < -0.39 is 5.92 Å². The van der Waals surface area contributed by atoms with Crippen molar-refractivity contribution in [1.82, 2.24) is 4.90 Å². The van der Waals surface area contributed by atoms with Crippen molar-refractivity contribution in [2.75, 3.05) is 7.11 Å². The molecule has 3 aliphatic rings. The van der Waals surface area contributed by atoms with E-state index in [2.05, 4.69) is 17.0 Å². The second kappa shape index (κ2) is 11.3. The summed E-state index contributed by atoms with van der Waals surface area (Å²) in [6.45, 7) is 1.00. The van der Waals surface area contributed by atoms with Crippen LogP contribution >= 0.6 is 11.6 Å². The Kier molecular flexibility index (Phi) is 7.48. The van der Waals surface area contributed by atoms with Gasteiger partial charge in [-0.15, -0.1) is 0 Å². The van der Waals surface area contributed by atoms with E-state index in [1.807, 2.05) is 60.7 Å². The maximum atomic E-state index is 13.6. The Morgan fingerprint density at radius 1 is 0.775 bits per heavy atom. The Morgan fingerprint density at radius 2 is 1.45 bits per heavy atom. The van der Waals surface area contributed by atoms with Crippen molar-refractivity contribution in [3.63, 3.8) is 0 Å². The van der Waals surface area contributed by atoms with Gasteiger partial charge in [0, 0.05) is 52.9 Å². The van der Waals surface area contributed by atoms with E-state index in [0.29, 0.717) is 42.5 Å². The molecule has 204 valence electrons. The molecule has 2 aliphatic carbocycles. The molecule has 0 fully saturated rings. The van der Waals surface area contributed by atoms with Crippen molar-refractivity contribution >= 4 is 23.2 Å². The van der Waals surface area contributed by atoms with E-state index >= 15 is 0 Å². The minimum absolute atomic E-state index is 0.134. The predicted molar refractivity (Wildman–Crippen MR) is 155 cm³/mol. The van der Waals surface area contributed by atoms with Gasteiger partial charge in [0.15, 0.2) is 23.1 Å². The fraction of sp³-hybridized carbons (Fsp3) is 0.294. The highest BCUT2D eigenvalue weighted by Crippen LogP contribution is 2.50. The molecule has 0 saturated heterocycles.